The normalized spacial score (nSPS) is 18.6. The summed E-state index contributed by atoms with van der Waals surface area (Å²) in [5.74, 6) is -0.280. The Kier molecular flexibility index (Phi) is 5.29. The van der Waals surface area contributed by atoms with Gasteiger partial charge in [-0.25, -0.2) is 13.1 Å². The molecule has 1 aromatic heterocycles. The first kappa shape index (κ1) is 18.8. The van der Waals surface area contributed by atoms with Gasteiger partial charge >= 0.3 is 0 Å². The number of amides is 1. The second kappa shape index (κ2) is 7.32. The Bertz CT molecular complexity index is 986. The molecule has 1 aliphatic heterocycles. The molecule has 1 amide bonds. The molecule has 0 N–H and O–H groups in total. The Labute approximate surface area is 159 Å². The van der Waals surface area contributed by atoms with Crippen LogP contribution in [0.2, 0.25) is 0 Å². The zero-order chi connectivity index (χ0) is 18.9. The first-order valence-electron chi connectivity index (χ1n) is 8.05. The number of nitrogens with zero attached hydrogens (tertiary/aromatic N) is 3. The third-order valence-electron chi connectivity index (χ3n) is 4.44. The van der Waals surface area contributed by atoms with E-state index in [1.54, 1.807) is 13.1 Å². The van der Waals surface area contributed by atoms with Crippen LogP contribution in [-0.2, 0) is 21.2 Å². The molecule has 0 radical (unpaired) electrons. The summed E-state index contributed by atoms with van der Waals surface area (Å²) in [6.45, 7) is -0.226. The molecule has 26 heavy (non-hydrogen) atoms. The van der Waals surface area contributed by atoms with E-state index >= 15 is 0 Å². The van der Waals surface area contributed by atoms with Gasteiger partial charge in [0.05, 0.1) is 17.2 Å². The quantitative estimate of drug-likeness (QED) is 0.716. The lowest BCUT2D eigenvalue weighted by atomic mass is 10.1. The van der Waals surface area contributed by atoms with Gasteiger partial charge in [0.1, 0.15) is 6.54 Å². The summed E-state index contributed by atoms with van der Waals surface area (Å²) in [6.07, 6.45) is 0.422. The maximum absolute atomic E-state index is 12.5. The largest absolute Gasteiger partial charge is 0.340 e. The lowest BCUT2D eigenvalue weighted by Gasteiger charge is -2.23. The van der Waals surface area contributed by atoms with Gasteiger partial charge in [-0.15, -0.1) is 0 Å². The number of hydrogen-bond donors (Lipinski definition) is 0. The highest BCUT2D eigenvalue weighted by atomic mass is 79.9. The summed E-state index contributed by atoms with van der Waals surface area (Å²) in [5.41, 5.74) is 1.02. The minimum atomic E-state index is -3.08. The van der Waals surface area contributed by atoms with Crippen molar-refractivity contribution >= 4 is 31.7 Å². The molecule has 138 valence electrons. The van der Waals surface area contributed by atoms with E-state index in [1.165, 1.54) is 11.0 Å². The number of carbonyl (C=O) groups excluding carboxylic acids is 1. The van der Waals surface area contributed by atoms with Gasteiger partial charge in [0.2, 0.25) is 5.91 Å². The first-order valence-corrected chi connectivity index (χ1v) is 10.7. The standard InChI is InChI=1S/C17H18BrN3O4S/c1-20(14-8-9-26(24,25)11-14)17(23)10-21-16(22)7-6-15(19-21)12-2-4-13(18)5-3-12/h2-7,14H,8-11H2,1H3/t14-/m1/s1. The maximum atomic E-state index is 12.5. The smallest absolute Gasteiger partial charge is 0.267 e. The molecule has 7 nitrogen and oxygen atoms in total. The van der Waals surface area contributed by atoms with Crippen LogP contribution in [0.4, 0.5) is 0 Å². The van der Waals surface area contributed by atoms with Crippen LogP contribution in [0.5, 0.6) is 0 Å². The SMILES string of the molecule is CN(C(=O)Cn1nc(-c2ccc(Br)cc2)ccc1=O)[C@@H]1CCS(=O)(=O)C1. The fourth-order valence-corrected chi connectivity index (χ4v) is 4.90. The van der Waals surface area contributed by atoms with E-state index in [2.05, 4.69) is 21.0 Å². The van der Waals surface area contributed by atoms with E-state index in [-0.39, 0.29) is 35.6 Å². The third-order valence-corrected chi connectivity index (χ3v) is 6.72. The van der Waals surface area contributed by atoms with Crippen molar-refractivity contribution in [2.24, 2.45) is 0 Å². The second-order valence-electron chi connectivity index (χ2n) is 6.28. The Balaban J connectivity index is 1.79. The predicted octanol–water partition coefficient (Wildman–Crippen LogP) is 1.32. The van der Waals surface area contributed by atoms with E-state index < -0.39 is 9.84 Å². The lowest BCUT2D eigenvalue weighted by Crippen LogP contribution is -2.41. The highest BCUT2D eigenvalue weighted by Gasteiger charge is 2.32. The molecule has 0 unspecified atom stereocenters. The van der Waals surface area contributed by atoms with Crippen molar-refractivity contribution < 1.29 is 13.2 Å². The molecule has 0 spiro atoms. The van der Waals surface area contributed by atoms with Crippen molar-refractivity contribution in [2.75, 3.05) is 18.6 Å². The molecule has 3 rings (SSSR count). The van der Waals surface area contributed by atoms with Crippen LogP contribution in [-0.4, -0.2) is 53.6 Å². The number of hydrogen-bond acceptors (Lipinski definition) is 5. The van der Waals surface area contributed by atoms with E-state index in [1.807, 2.05) is 24.3 Å². The van der Waals surface area contributed by atoms with Crippen molar-refractivity contribution in [3.8, 4) is 11.3 Å². The average molecular weight is 440 g/mol. The van der Waals surface area contributed by atoms with Crippen molar-refractivity contribution in [3.63, 3.8) is 0 Å². The van der Waals surface area contributed by atoms with Gasteiger partial charge in [0.15, 0.2) is 9.84 Å². The molecule has 1 aromatic carbocycles. The van der Waals surface area contributed by atoms with Crippen LogP contribution in [0, 0.1) is 0 Å². The summed E-state index contributed by atoms with van der Waals surface area (Å²) in [7, 11) is -1.52. The highest BCUT2D eigenvalue weighted by Crippen LogP contribution is 2.19. The van der Waals surface area contributed by atoms with Gasteiger partial charge in [-0.3, -0.25) is 9.59 Å². The van der Waals surface area contributed by atoms with Crippen molar-refractivity contribution in [3.05, 3.63) is 51.2 Å². The second-order valence-corrected chi connectivity index (χ2v) is 9.43. The van der Waals surface area contributed by atoms with Crippen LogP contribution in [0.15, 0.2) is 45.7 Å². The van der Waals surface area contributed by atoms with Crippen LogP contribution >= 0.6 is 15.9 Å². The number of carbonyl (C=O) groups is 1. The molecule has 0 saturated carbocycles. The summed E-state index contributed by atoms with van der Waals surface area (Å²) < 4.78 is 25.2. The van der Waals surface area contributed by atoms with Gasteiger partial charge in [-0.1, -0.05) is 28.1 Å². The topological polar surface area (TPSA) is 89.3 Å². The predicted molar refractivity (Wildman–Crippen MR) is 101 cm³/mol. The van der Waals surface area contributed by atoms with Crippen LogP contribution in [0.1, 0.15) is 6.42 Å². The first-order chi connectivity index (χ1) is 12.2. The van der Waals surface area contributed by atoms with Gasteiger partial charge in [0.25, 0.3) is 5.56 Å². The Hall–Kier alpha value is -2.00. The molecular weight excluding hydrogens is 422 g/mol. The Morgan fingerprint density at radius 1 is 1.27 bits per heavy atom. The monoisotopic (exact) mass is 439 g/mol. The molecular formula is C17H18BrN3O4S. The van der Waals surface area contributed by atoms with Crippen LogP contribution in [0.25, 0.3) is 11.3 Å². The van der Waals surface area contributed by atoms with E-state index in [9.17, 15) is 18.0 Å². The van der Waals surface area contributed by atoms with E-state index in [4.69, 9.17) is 0 Å². The molecule has 9 heteroatoms. The number of benzene rings is 1. The summed E-state index contributed by atoms with van der Waals surface area (Å²) in [4.78, 5) is 26.0. The van der Waals surface area contributed by atoms with Crippen molar-refractivity contribution in [2.45, 2.75) is 19.0 Å². The van der Waals surface area contributed by atoms with E-state index in [0.29, 0.717) is 12.1 Å². The van der Waals surface area contributed by atoms with Gasteiger partial charge in [0, 0.05) is 29.2 Å². The number of aromatic nitrogens is 2. The molecule has 1 atom stereocenters. The van der Waals surface area contributed by atoms with Crippen molar-refractivity contribution in [1.82, 2.24) is 14.7 Å². The molecule has 2 aromatic rings. The zero-order valence-corrected chi connectivity index (χ0v) is 16.5. The Morgan fingerprint density at radius 3 is 2.58 bits per heavy atom. The number of likely N-dealkylation sites (N-methyl/N-ethyl adjacent to an activating group) is 1. The Morgan fingerprint density at radius 2 is 1.96 bits per heavy atom. The molecule has 1 fully saturated rings. The molecule has 0 bridgehead atoms. The van der Waals surface area contributed by atoms with Crippen LogP contribution in [0.3, 0.4) is 0 Å². The minimum Gasteiger partial charge on any atom is -0.340 e. The van der Waals surface area contributed by atoms with E-state index in [0.717, 1.165) is 14.7 Å². The minimum absolute atomic E-state index is 0.0312. The van der Waals surface area contributed by atoms with Gasteiger partial charge in [-0.05, 0) is 24.6 Å². The average Bonchev–Trinajstić information content (AvgIpc) is 2.97. The van der Waals surface area contributed by atoms with Gasteiger partial charge in [-0.2, -0.15) is 5.10 Å². The third kappa shape index (κ3) is 4.21. The van der Waals surface area contributed by atoms with Crippen molar-refractivity contribution in [1.29, 1.82) is 0 Å². The summed E-state index contributed by atoms with van der Waals surface area (Å²) >= 11 is 3.36. The molecule has 1 saturated heterocycles. The summed E-state index contributed by atoms with van der Waals surface area (Å²) in [6, 6.07) is 10.1. The van der Waals surface area contributed by atoms with Gasteiger partial charge < -0.3 is 4.90 Å². The van der Waals surface area contributed by atoms with Crippen LogP contribution < -0.4 is 5.56 Å². The number of halogens is 1. The lowest BCUT2D eigenvalue weighted by molar-refractivity contribution is -0.132. The maximum Gasteiger partial charge on any atom is 0.267 e. The number of rotatable bonds is 4. The summed E-state index contributed by atoms with van der Waals surface area (Å²) in [5, 5.41) is 4.27. The zero-order valence-electron chi connectivity index (χ0n) is 14.1. The highest BCUT2D eigenvalue weighted by molar-refractivity contribution is 9.10. The fraction of sp³-hybridized carbons (Fsp3) is 0.353. The fourth-order valence-electron chi connectivity index (χ4n) is 2.86. The molecule has 0 aliphatic carbocycles. The molecule has 1 aliphatic rings. The molecule has 2 heterocycles. The number of sulfone groups is 1.